The van der Waals surface area contributed by atoms with Gasteiger partial charge in [-0.05, 0) is 38.5 Å². The Labute approximate surface area is 88.7 Å². The summed E-state index contributed by atoms with van der Waals surface area (Å²) < 4.78 is 0. The lowest BCUT2D eigenvalue weighted by Gasteiger charge is -2.35. The Bertz CT molecular complexity index is 257. The maximum Gasteiger partial charge on any atom is 0.188 e. The van der Waals surface area contributed by atoms with Crippen molar-refractivity contribution < 1.29 is 4.79 Å². The summed E-state index contributed by atoms with van der Waals surface area (Å²) in [6.07, 6.45) is 6.88. The van der Waals surface area contributed by atoms with E-state index >= 15 is 0 Å². The SMILES string of the molecule is CC(=O)SC1(N=NC2CCC2)CCC1. The van der Waals surface area contributed by atoms with Crippen molar-refractivity contribution in [3.8, 4) is 0 Å². The third-order valence-electron chi connectivity index (χ3n) is 2.95. The van der Waals surface area contributed by atoms with Gasteiger partial charge in [-0.3, -0.25) is 4.79 Å². The van der Waals surface area contributed by atoms with Crippen molar-refractivity contribution in [2.75, 3.05) is 0 Å². The van der Waals surface area contributed by atoms with Crippen LogP contribution in [-0.2, 0) is 4.79 Å². The molecule has 3 nitrogen and oxygen atoms in total. The van der Waals surface area contributed by atoms with E-state index in [1.807, 2.05) is 0 Å². The van der Waals surface area contributed by atoms with Crippen molar-refractivity contribution in [2.45, 2.75) is 56.4 Å². The molecule has 2 saturated carbocycles. The summed E-state index contributed by atoms with van der Waals surface area (Å²) in [5, 5.41) is 8.88. The van der Waals surface area contributed by atoms with Gasteiger partial charge in [-0.25, -0.2) is 0 Å². The maximum absolute atomic E-state index is 11.0. The zero-order valence-corrected chi connectivity index (χ0v) is 9.35. The summed E-state index contributed by atoms with van der Waals surface area (Å²) in [5.41, 5.74) is 0. The molecular formula is C10H16N2OS. The third-order valence-corrected chi connectivity index (χ3v) is 4.10. The lowest BCUT2D eigenvalue weighted by atomic mass is 9.92. The van der Waals surface area contributed by atoms with Crippen LogP contribution in [-0.4, -0.2) is 16.0 Å². The van der Waals surface area contributed by atoms with E-state index in [-0.39, 0.29) is 9.99 Å². The van der Waals surface area contributed by atoms with Gasteiger partial charge in [0.25, 0.3) is 0 Å². The van der Waals surface area contributed by atoms with Crippen LogP contribution in [0.3, 0.4) is 0 Å². The summed E-state index contributed by atoms with van der Waals surface area (Å²) >= 11 is 1.37. The maximum atomic E-state index is 11.0. The average Bonchev–Trinajstić information content (AvgIpc) is 1.95. The van der Waals surface area contributed by atoms with Crippen LogP contribution >= 0.6 is 11.8 Å². The third kappa shape index (κ3) is 2.16. The molecule has 0 bridgehead atoms. The van der Waals surface area contributed by atoms with E-state index in [9.17, 15) is 4.79 Å². The molecule has 0 aliphatic heterocycles. The van der Waals surface area contributed by atoms with Crippen LogP contribution in [0.2, 0.25) is 0 Å². The van der Waals surface area contributed by atoms with Crippen molar-refractivity contribution in [1.29, 1.82) is 0 Å². The standard InChI is InChI=1S/C10H16N2OS/c1-8(13)14-10(6-3-7-10)12-11-9-4-2-5-9/h9H,2-7H2,1H3. The van der Waals surface area contributed by atoms with Crippen LogP contribution in [0.1, 0.15) is 45.4 Å². The van der Waals surface area contributed by atoms with Gasteiger partial charge in [0.2, 0.25) is 0 Å². The topological polar surface area (TPSA) is 41.8 Å². The van der Waals surface area contributed by atoms with Gasteiger partial charge in [-0.2, -0.15) is 10.2 Å². The van der Waals surface area contributed by atoms with Gasteiger partial charge in [-0.15, -0.1) is 0 Å². The highest BCUT2D eigenvalue weighted by molar-refractivity contribution is 8.14. The monoisotopic (exact) mass is 212 g/mol. The Hall–Kier alpha value is -0.380. The number of hydrogen-bond donors (Lipinski definition) is 0. The van der Waals surface area contributed by atoms with E-state index in [2.05, 4.69) is 10.2 Å². The molecule has 2 rings (SSSR count). The second-order valence-corrected chi connectivity index (χ2v) is 5.73. The smallest absolute Gasteiger partial charge is 0.188 e. The molecule has 0 aromatic carbocycles. The van der Waals surface area contributed by atoms with Crippen LogP contribution < -0.4 is 0 Å². The van der Waals surface area contributed by atoms with E-state index in [1.165, 1.54) is 37.4 Å². The number of rotatable bonds is 3. The molecule has 2 fully saturated rings. The fourth-order valence-corrected chi connectivity index (χ4v) is 2.77. The van der Waals surface area contributed by atoms with Crippen LogP contribution in [0, 0.1) is 0 Å². The molecule has 14 heavy (non-hydrogen) atoms. The predicted octanol–water partition coefficient (Wildman–Crippen LogP) is 3.15. The fourth-order valence-electron chi connectivity index (χ4n) is 1.66. The minimum atomic E-state index is -0.165. The molecule has 4 heteroatoms. The normalized spacial score (nSPS) is 25.8. The van der Waals surface area contributed by atoms with Gasteiger partial charge in [0.05, 0.1) is 6.04 Å². The van der Waals surface area contributed by atoms with E-state index in [0.29, 0.717) is 6.04 Å². The number of carbonyl (C=O) groups excluding carboxylic acids is 1. The summed E-state index contributed by atoms with van der Waals surface area (Å²) in [4.78, 5) is 10.9. The van der Waals surface area contributed by atoms with E-state index in [1.54, 1.807) is 6.92 Å². The minimum Gasteiger partial charge on any atom is -0.287 e. The van der Waals surface area contributed by atoms with Crippen LogP contribution in [0.15, 0.2) is 10.2 Å². The van der Waals surface area contributed by atoms with E-state index in [0.717, 1.165) is 12.8 Å². The summed E-state index contributed by atoms with van der Waals surface area (Å²) in [5.74, 6) is 0. The highest BCUT2D eigenvalue weighted by atomic mass is 32.2. The molecule has 0 spiro atoms. The highest BCUT2D eigenvalue weighted by Crippen LogP contribution is 2.46. The zero-order valence-electron chi connectivity index (χ0n) is 8.53. The number of carbonyl (C=O) groups is 1. The van der Waals surface area contributed by atoms with Gasteiger partial charge in [-0.1, -0.05) is 11.8 Å². The molecular weight excluding hydrogens is 196 g/mol. The number of azo groups is 1. The van der Waals surface area contributed by atoms with Crippen molar-refractivity contribution in [2.24, 2.45) is 10.2 Å². The first-order valence-electron chi connectivity index (χ1n) is 5.32. The molecule has 2 aliphatic carbocycles. The molecule has 0 saturated heterocycles. The molecule has 0 aromatic rings. The van der Waals surface area contributed by atoms with Crippen molar-refractivity contribution >= 4 is 16.9 Å². The van der Waals surface area contributed by atoms with Crippen LogP contribution in [0.4, 0.5) is 0 Å². The zero-order chi connectivity index (χ0) is 10.0. The molecule has 0 radical (unpaired) electrons. The molecule has 0 N–H and O–H groups in total. The molecule has 0 aromatic heterocycles. The summed E-state index contributed by atoms with van der Waals surface area (Å²) in [7, 11) is 0. The molecule has 78 valence electrons. The van der Waals surface area contributed by atoms with Gasteiger partial charge in [0, 0.05) is 6.92 Å². The lowest BCUT2D eigenvalue weighted by Crippen LogP contribution is -2.32. The Morgan fingerprint density at radius 2 is 2.07 bits per heavy atom. The van der Waals surface area contributed by atoms with Crippen molar-refractivity contribution in [3.63, 3.8) is 0 Å². The van der Waals surface area contributed by atoms with Crippen LogP contribution in [0.5, 0.6) is 0 Å². The van der Waals surface area contributed by atoms with Crippen LogP contribution in [0.25, 0.3) is 0 Å². The molecule has 0 unspecified atom stereocenters. The Kier molecular flexibility index (Phi) is 2.91. The first-order chi connectivity index (χ1) is 6.70. The largest absolute Gasteiger partial charge is 0.287 e. The summed E-state index contributed by atoms with van der Waals surface area (Å²) in [6.45, 7) is 1.61. The Balaban J connectivity index is 1.90. The van der Waals surface area contributed by atoms with Gasteiger partial charge >= 0.3 is 0 Å². The number of thioether (sulfide) groups is 1. The Morgan fingerprint density at radius 1 is 1.36 bits per heavy atom. The second-order valence-electron chi connectivity index (χ2n) is 4.19. The van der Waals surface area contributed by atoms with Crippen molar-refractivity contribution in [3.05, 3.63) is 0 Å². The minimum absolute atomic E-state index is 0.164. The number of hydrogen-bond acceptors (Lipinski definition) is 4. The Morgan fingerprint density at radius 3 is 2.43 bits per heavy atom. The second kappa shape index (κ2) is 4.01. The summed E-state index contributed by atoms with van der Waals surface area (Å²) in [6, 6.07) is 0.458. The van der Waals surface area contributed by atoms with Crippen molar-refractivity contribution in [1.82, 2.24) is 0 Å². The van der Waals surface area contributed by atoms with Gasteiger partial charge in [0.1, 0.15) is 4.87 Å². The average molecular weight is 212 g/mol. The molecule has 0 amide bonds. The van der Waals surface area contributed by atoms with Gasteiger partial charge < -0.3 is 0 Å². The first kappa shape index (κ1) is 10.1. The first-order valence-corrected chi connectivity index (χ1v) is 6.13. The molecule has 0 heterocycles. The molecule has 2 aliphatic rings. The predicted molar refractivity (Wildman–Crippen MR) is 57.3 cm³/mol. The van der Waals surface area contributed by atoms with E-state index in [4.69, 9.17) is 0 Å². The quantitative estimate of drug-likeness (QED) is 0.674. The molecule has 0 atom stereocenters. The number of nitrogens with zero attached hydrogens (tertiary/aromatic N) is 2. The fraction of sp³-hybridized carbons (Fsp3) is 0.900. The van der Waals surface area contributed by atoms with E-state index < -0.39 is 0 Å². The highest BCUT2D eigenvalue weighted by Gasteiger charge is 2.39. The van der Waals surface area contributed by atoms with Gasteiger partial charge in [0.15, 0.2) is 5.12 Å². The lowest BCUT2D eigenvalue weighted by molar-refractivity contribution is -0.109.